The second-order valence-electron chi connectivity index (χ2n) is 5.92. The van der Waals surface area contributed by atoms with E-state index in [4.69, 9.17) is 9.47 Å². The Labute approximate surface area is 126 Å². The Morgan fingerprint density at radius 2 is 2.29 bits per heavy atom. The molecule has 1 aliphatic heterocycles. The van der Waals surface area contributed by atoms with E-state index >= 15 is 0 Å². The highest BCUT2D eigenvalue weighted by Crippen LogP contribution is 2.27. The summed E-state index contributed by atoms with van der Waals surface area (Å²) >= 11 is 0. The highest BCUT2D eigenvalue weighted by molar-refractivity contribution is 5.77. The van der Waals surface area contributed by atoms with Crippen molar-refractivity contribution in [2.24, 2.45) is 0 Å². The number of rotatable bonds is 6. The summed E-state index contributed by atoms with van der Waals surface area (Å²) in [6.45, 7) is 7.69. The van der Waals surface area contributed by atoms with Crippen LogP contribution in [-0.4, -0.2) is 31.8 Å². The lowest BCUT2D eigenvalue weighted by atomic mass is 10.0. The van der Waals surface area contributed by atoms with Gasteiger partial charge in [0.15, 0.2) is 6.61 Å². The summed E-state index contributed by atoms with van der Waals surface area (Å²) in [6, 6.07) is 6.13. The van der Waals surface area contributed by atoms with Crippen molar-refractivity contribution in [1.82, 2.24) is 5.32 Å². The van der Waals surface area contributed by atoms with Crippen LogP contribution in [-0.2, 0) is 9.53 Å². The maximum atomic E-state index is 11.8. The smallest absolute Gasteiger partial charge is 0.258 e. The molecule has 116 valence electrons. The molecule has 1 fully saturated rings. The molecule has 1 amide bonds. The van der Waals surface area contributed by atoms with Crippen LogP contribution in [0.5, 0.6) is 5.75 Å². The van der Waals surface area contributed by atoms with Gasteiger partial charge in [0, 0.05) is 13.2 Å². The number of ether oxygens (including phenoxy) is 2. The summed E-state index contributed by atoms with van der Waals surface area (Å²) in [5, 5.41) is 2.87. The van der Waals surface area contributed by atoms with Crippen LogP contribution in [0.2, 0.25) is 0 Å². The molecule has 0 aromatic heterocycles. The van der Waals surface area contributed by atoms with Gasteiger partial charge in [0.1, 0.15) is 5.75 Å². The topological polar surface area (TPSA) is 47.6 Å². The van der Waals surface area contributed by atoms with E-state index in [-0.39, 0.29) is 18.6 Å². The monoisotopic (exact) mass is 291 g/mol. The molecule has 1 saturated heterocycles. The molecule has 0 spiro atoms. The number of carbonyl (C=O) groups excluding carboxylic acids is 1. The molecule has 1 aromatic rings. The molecule has 1 aromatic carbocycles. The van der Waals surface area contributed by atoms with Crippen LogP contribution >= 0.6 is 0 Å². The standard InChI is InChI=1S/C17H25NO3/c1-12(2)15-7-6-13(3)9-16(15)21-11-17(19)18-10-14-5-4-8-20-14/h6-7,9,12,14H,4-5,8,10-11H2,1-3H3,(H,18,19). The third kappa shape index (κ3) is 4.74. The number of hydrogen-bond acceptors (Lipinski definition) is 3. The van der Waals surface area contributed by atoms with E-state index in [9.17, 15) is 4.79 Å². The van der Waals surface area contributed by atoms with Crippen LogP contribution < -0.4 is 10.1 Å². The van der Waals surface area contributed by atoms with E-state index in [1.807, 2.05) is 13.0 Å². The minimum absolute atomic E-state index is 0.0515. The van der Waals surface area contributed by atoms with E-state index < -0.39 is 0 Å². The number of hydrogen-bond donors (Lipinski definition) is 1. The van der Waals surface area contributed by atoms with Crippen LogP contribution in [0, 0.1) is 6.92 Å². The molecule has 2 rings (SSSR count). The molecule has 0 bridgehead atoms. The van der Waals surface area contributed by atoms with Gasteiger partial charge < -0.3 is 14.8 Å². The fourth-order valence-electron chi connectivity index (χ4n) is 2.47. The zero-order valence-electron chi connectivity index (χ0n) is 13.1. The molecule has 0 radical (unpaired) electrons. The lowest BCUT2D eigenvalue weighted by Gasteiger charge is -2.15. The van der Waals surface area contributed by atoms with Crippen LogP contribution in [0.4, 0.5) is 0 Å². The van der Waals surface area contributed by atoms with Gasteiger partial charge in [0.25, 0.3) is 5.91 Å². The fraction of sp³-hybridized carbons (Fsp3) is 0.588. The van der Waals surface area contributed by atoms with Crippen LogP contribution in [0.1, 0.15) is 43.7 Å². The number of nitrogens with one attached hydrogen (secondary N) is 1. The maximum absolute atomic E-state index is 11.8. The quantitative estimate of drug-likeness (QED) is 0.876. The van der Waals surface area contributed by atoms with Crippen LogP contribution in [0.15, 0.2) is 18.2 Å². The van der Waals surface area contributed by atoms with Gasteiger partial charge in [0.2, 0.25) is 0 Å². The molecule has 21 heavy (non-hydrogen) atoms. The third-order valence-corrected chi connectivity index (χ3v) is 3.70. The minimum Gasteiger partial charge on any atom is -0.483 e. The van der Waals surface area contributed by atoms with Crippen molar-refractivity contribution in [2.45, 2.75) is 45.6 Å². The largest absolute Gasteiger partial charge is 0.483 e. The fourth-order valence-corrected chi connectivity index (χ4v) is 2.47. The average Bonchev–Trinajstić information content (AvgIpc) is 2.96. The second-order valence-corrected chi connectivity index (χ2v) is 5.92. The summed E-state index contributed by atoms with van der Waals surface area (Å²) in [6.07, 6.45) is 2.27. The summed E-state index contributed by atoms with van der Waals surface area (Å²) in [4.78, 5) is 11.8. The van der Waals surface area contributed by atoms with Gasteiger partial charge in [0.05, 0.1) is 6.10 Å². The maximum Gasteiger partial charge on any atom is 0.258 e. The van der Waals surface area contributed by atoms with Crippen molar-refractivity contribution in [3.63, 3.8) is 0 Å². The van der Waals surface area contributed by atoms with Gasteiger partial charge >= 0.3 is 0 Å². The van der Waals surface area contributed by atoms with Gasteiger partial charge in [-0.15, -0.1) is 0 Å². The normalized spacial score (nSPS) is 18.0. The summed E-state index contributed by atoms with van der Waals surface area (Å²) < 4.78 is 11.2. The number of aryl methyl sites for hydroxylation is 1. The SMILES string of the molecule is Cc1ccc(C(C)C)c(OCC(=O)NCC2CCCO2)c1. The molecule has 1 unspecified atom stereocenters. The Balaban J connectivity index is 1.84. The molecule has 1 atom stereocenters. The zero-order valence-corrected chi connectivity index (χ0v) is 13.1. The second kappa shape index (κ2) is 7.46. The first-order valence-electron chi connectivity index (χ1n) is 7.68. The highest BCUT2D eigenvalue weighted by atomic mass is 16.5. The van der Waals surface area contributed by atoms with Crippen molar-refractivity contribution in [3.05, 3.63) is 29.3 Å². The molecular formula is C17H25NO3. The van der Waals surface area contributed by atoms with E-state index in [2.05, 4.69) is 31.3 Å². The number of amides is 1. The van der Waals surface area contributed by atoms with E-state index in [0.29, 0.717) is 12.5 Å². The molecule has 4 heteroatoms. The Bertz CT molecular complexity index is 479. The molecule has 4 nitrogen and oxygen atoms in total. The summed E-state index contributed by atoms with van der Waals surface area (Å²) in [7, 11) is 0. The van der Waals surface area contributed by atoms with E-state index in [0.717, 1.165) is 36.3 Å². The molecule has 0 aliphatic carbocycles. The number of carbonyl (C=O) groups is 1. The van der Waals surface area contributed by atoms with Gasteiger partial charge in [-0.2, -0.15) is 0 Å². The Kier molecular flexibility index (Phi) is 5.62. The van der Waals surface area contributed by atoms with Gasteiger partial charge in [-0.25, -0.2) is 0 Å². The van der Waals surface area contributed by atoms with Crippen LogP contribution in [0.3, 0.4) is 0 Å². The first-order chi connectivity index (χ1) is 10.1. The van der Waals surface area contributed by atoms with Crippen molar-refractivity contribution in [2.75, 3.05) is 19.8 Å². The Morgan fingerprint density at radius 3 is 2.95 bits per heavy atom. The molecule has 1 heterocycles. The first-order valence-corrected chi connectivity index (χ1v) is 7.68. The van der Waals surface area contributed by atoms with Crippen molar-refractivity contribution >= 4 is 5.91 Å². The van der Waals surface area contributed by atoms with Gasteiger partial charge in [-0.05, 0) is 42.9 Å². The summed E-state index contributed by atoms with van der Waals surface area (Å²) in [5.41, 5.74) is 2.27. The molecule has 1 N–H and O–H groups in total. The lowest BCUT2D eigenvalue weighted by Crippen LogP contribution is -2.35. The molecule has 1 aliphatic rings. The minimum atomic E-state index is -0.0956. The first kappa shape index (κ1) is 15.8. The Morgan fingerprint density at radius 1 is 1.48 bits per heavy atom. The zero-order chi connectivity index (χ0) is 15.2. The average molecular weight is 291 g/mol. The van der Waals surface area contributed by atoms with Crippen LogP contribution in [0.25, 0.3) is 0 Å². The molecule has 0 saturated carbocycles. The molecular weight excluding hydrogens is 266 g/mol. The van der Waals surface area contributed by atoms with E-state index in [1.54, 1.807) is 0 Å². The van der Waals surface area contributed by atoms with Crippen molar-refractivity contribution < 1.29 is 14.3 Å². The van der Waals surface area contributed by atoms with E-state index in [1.165, 1.54) is 0 Å². The van der Waals surface area contributed by atoms with Gasteiger partial charge in [-0.3, -0.25) is 4.79 Å². The predicted octanol–water partition coefficient (Wildman–Crippen LogP) is 2.79. The third-order valence-electron chi connectivity index (χ3n) is 3.70. The van der Waals surface area contributed by atoms with Crippen molar-refractivity contribution in [3.8, 4) is 5.75 Å². The Hall–Kier alpha value is -1.55. The van der Waals surface area contributed by atoms with Crippen molar-refractivity contribution in [1.29, 1.82) is 0 Å². The number of benzene rings is 1. The van der Waals surface area contributed by atoms with Gasteiger partial charge in [-0.1, -0.05) is 26.0 Å². The summed E-state index contributed by atoms with van der Waals surface area (Å²) in [5.74, 6) is 1.08. The lowest BCUT2D eigenvalue weighted by molar-refractivity contribution is -0.123. The predicted molar refractivity (Wildman–Crippen MR) is 82.7 cm³/mol. The highest BCUT2D eigenvalue weighted by Gasteiger charge is 2.16.